The number of aliphatic hydroxyl groups is 13. The van der Waals surface area contributed by atoms with Gasteiger partial charge in [-0.05, 0) is 34.6 Å². The molecule has 68 heavy (non-hydrogen) atoms. The van der Waals surface area contributed by atoms with E-state index in [0.29, 0.717) is 0 Å². The second-order valence-electron chi connectivity index (χ2n) is 18.1. The Balaban J connectivity index is 1.35. The summed E-state index contributed by atoms with van der Waals surface area (Å²) in [5, 5.41) is 148. The van der Waals surface area contributed by atoms with Crippen molar-refractivity contribution >= 4 is 11.8 Å². The maximum atomic E-state index is 12.4. The van der Waals surface area contributed by atoms with E-state index in [-0.39, 0.29) is 0 Å². The number of rotatable bonds is 13. The normalized spacial score (nSPS) is 52.5. The minimum Gasteiger partial charge on any atom is -0.394 e. The summed E-state index contributed by atoms with van der Waals surface area (Å²) in [4.78, 5) is 24.7. The lowest BCUT2D eigenvalue weighted by Crippen LogP contribution is -2.70. The van der Waals surface area contributed by atoms with Gasteiger partial charge in [0, 0.05) is 13.8 Å². The monoisotopic (exact) mass is 992 g/mol. The molecule has 394 valence electrons. The predicted octanol–water partition coefficient (Wildman–Crippen LogP) is -8.67. The number of hydrogen-bond acceptors (Lipinski definition) is 26. The molecule has 6 heterocycles. The van der Waals surface area contributed by atoms with Crippen molar-refractivity contribution in [3.05, 3.63) is 0 Å². The second-order valence-corrected chi connectivity index (χ2v) is 18.1. The quantitative estimate of drug-likeness (QED) is 0.0815. The Morgan fingerprint density at radius 2 is 0.750 bits per heavy atom. The van der Waals surface area contributed by atoms with Crippen molar-refractivity contribution < 1.29 is 128 Å². The summed E-state index contributed by atoms with van der Waals surface area (Å²) in [6.07, 6.45) is -46.9. The van der Waals surface area contributed by atoms with Gasteiger partial charge in [0.25, 0.3) is 0 Å². The van der Waals surface area contributed by atoms with Gasteiger partial charge in [0.1, 0.15) is 116 Å². The number of carbonyl (C=O) groups is 2. The topological polar surface area (TPSA) is 423 Å². The molecule has 0 unspecified atom stereocenters. The van der Waals surface area contributed by atoms with Crippen molar-refractivity contribution in [3.8, 4) is 0 Å². The average molecular weight is 993 g/mol. The Morgan fingerprint density at radius 1 is 0.382 bits per heavy atom. The van der Waals surface area contributed by atoms with Crippen LogP contribution in [0.3, 0.4) is 0 Å². The average Bonchev–Trinajstić information content (AvgIpc) is 3.27. The lowest BCUT2D eigenvalue weighted by Gasteiger charge is -2.51. The minimum absolute atomic E-state index is 0.692. The van der Waals surface area contributed by atoms with Crippen LogP contribution >= 0.6 is 0 Å². The van der Waals surface area contributed by atoms with E-state index in [9.17, 15) is 76.0 Å². The first-order valence-corrected chi connectivity index (χ1v) is 22.4. The first-order valence-electron chi connectivity index (χ1n) is 22.4. The van der Waals surface area contributed by atoms with Crippen LogP contribution in [-0.2, 0) is 61.7 Å². The molecule has 0 aliphatic carbocycles. The van der Waals surface area contributed by atoms with E-state index in [1.54, 1.807) is 0 Å². The van der Waals surface area contributed by atoms with Crippen LogP contribution in [0.25, 0.3) is 0 Å². The highest BCUT2D eigenvalue weighted by molar-refractivity contribution is 5.73. The molecule has 6 fully saturated rings. The molecule has 28 nitrogen and oxygen atoms in total. The summed E-state index contributed by atoms with van der Waals surface area (Å²) >= 11 is 0. The number of ether oxygens (including phenoxy) is 11. The van der Waals surface area contributed by atoms with Crippen LogP contribution < -0.4 is 10.6 Å². The van der Waals surface area contributed by atoms with E-state index in [1.807, 2.05) is 0 Å². The molecular formula is C40H68N2O26. The van der Waals surface area contributed by atoms with Crippen molar-refractivity contribution in [1.29, 1.82) is 0 Å². The van der Waals surface area contributed by atoms with Gasteiger partial charge in [-0.2, -0.15) is 0 Å². The molecule has 0 spiro atoms. The molecule has 6 aliphatic rings. The van der Waals surface area contributed by atoms with Gasteiger partial charge in [-0.3, -0.25) is 9.59 Å². The fraction of sp³-hybridized carbons (Fsp3) is 0.950. The third kappa shape index (κ3) is 11.6. The summed E-state index contributed by atoms with van der Waals surface area (Å²) in [7, 11) is 0. The Kier molecular flexibility index (Phi) is 18.6. The first-order chi connectivity index (χ1) is 31.9. The number of nitrogens with one attached hydrogen (secondary N) is 2. The Bertz CT molecular complexity index is 1660. The zero-order valence-corrected chi connectivity index (χ0v) is 38.1. The van der Waals surface area contributed by atoms with Gasteiger partial charge in [-0.1, -0.05) is 0 Å². The molecule has 6 rings (SSSR count). The number of amides is 2. The summed E-state index contributed by atoms with van der Waals surface area (Å²) in [6, 6.07) is -3.12. The summed E-state index contributed by atoms with van der Waals surface area (Å²) in [5.41, 5.74) is 0. The van der Waals surface area contributed by atoms with Crippen LogP contribution in [0.5, 0.6) is 0 Å². The smallest absolute Gasteiger partial charge is 0.217 e. The zero-order valence-electron chi connectivity index (χ0n) is 38.1. The van der Waals surface area contributed by atoms with Crippen LogP contribution in [-0.4, -0.2) is 269 Å². The molecule has 6 saturated heterocycles. The highest BCUT2D eigenvalue weighted by Gasteiger charge is 2.58. The third-order valence-corrected chi connectivity index (χ3v) is 13.0. The van der Waals surface area contributed by atoms with Crippen LogP contribution in [0, 0.1) is 0 Å². The van der Waals surface area contributed by atoms with E-state index in [2.05, 4.69) is 10.6 Å². The van der Waals surface area contributed by atoms with Gasteiger partial charge in [0.15, 0.2) is 37.7 Å². The second kappa shape index (κ2) is 22.8. The van der Waals surface area contributed by atoms with E-state index in [1.165, 1.54) is 34.6 Å². The molecule has 30 atom stereocenters. The SMILES string of the molecule is CC(=O)N[C@H]1[C@H](O[C@@H]2[C@@H](O)[C@H](C)O[C@@H](O[C@H]3[C@H](O[C@@H]4[C@@H](O)[C@H](C)O[C@@H](O[C@@H]5[C@H](O)[C@@H](O)[C@H](C)O[C@H]5O)[C@@H]4O)O[C@@H](C)[C@H](O)[C@H]3O)[C@@H]2O[C@@H]2O[C@H](CO)[C@@H](O)[C@H](O)[C@H]2NC(C)=O)O[C@H](C)[C@H](O)[C@@H]1O. The maximum Gasteiger partial charge on any atom is 0.217 e. The maximum absolute atomic E-state index is 12.4. The highest BCUT2D eigenvalue weighted by atomic mass is 16.8. The molecular weight excluding hydrogens is 924 g/mol. The van der Waals surface area contributed by atoms with Crippen molar-refractivity contribution in [1.82, 2.24) is 10.6 Å². The van der Waals surface area contributed by atoms with Crippen LogP contribution in [0.1, 0.15) is 48.5 Å². The number of hydrogen-bond donors (Lipinski definition) is 15. The molecule has 0 aromatic rings. The largest absolute Gasteiger partial charge is 0.394 e. The van der Waals surface area contributed by atoms with E-state index in [4.69, 9.17) is 52.1 Å². The molecule has 0 radical (unpaired) electrons. The van der Waals surface area contributed by atoms with Crippen molar-refractivity contribution in [2.24, 2.45) is 0 Å². The van der Waals surface area contributed by atoms with E-state index in [0.717, 1.165) is 13.8 Å². The molecule has 28 heteroatoms. The first kappa shape index (κ1) is 55.3. The molecule has 2 amide bonds. The van der Waals surface area contributed by atoms with Gasteiger partial charge in [0.2, 0.25) is 11.8 Å². The van der Waals surface area contributed by atoms with Gasteiger partial charge < -0.3 is 129 Å². The fourth-order valence-corrected chi connectivity index (χ4v) is 8.98. The van der Waals surface area contributed by atoms with Gasteiger partial charge >= 0.3 is 0 Å². The summed E-state index contributed by atoms with van der Waals surface area (Å²) in [5.74, 6) is -1.44. The lowest BCUT2D eigenvalue weighted by molar-refractivity contribution is -0.408. The third-order valence-electron chi connectivity index (χ3n) is 13.0. The standard InChI is InChI=1S/C40H68N2O26/c1-9-20(47)27(54)32(35(57)58-9)66-38-29(56)30(22(49)12(4)60-38)64-39-33(28(55)21(48)11(3)61-39)67-40-34(68-37-18(42-15(7)45)26(53)24(51)16(8-43)63-37)31(23(50)13(5)62-40)65-36-17(41-14(6)44)25(52)19(46)10(2)59-36/h9-13,16-40,43,46-57H,8H2,1-7H3,(H,41,44)(H,42,45)/t9-,10+,11-,12-,13-,16+,17+,18+,19-,20-,21-,22-,23-,24+,25+,26+,27+,28+,29+,30+,31+,32+,33+,34+,35+,36-,37-,38-,39-,40-/m0/s1. The molecule has 15 N–H and O–H groups in total. The van der Waals surface area contributed by atoms with E-state index >= 15 is 0 Å². The highest BCUT2D eigenvalue weighted by Crippen LogP contribution is 2.38. The fourth-order valence-electron chi connectivity index (χ4n) is 8.98. The van der Waals surface area contributed by atoms with Crippen molar-refractivity contribution in [2.75, 3.05) is 6.61 Å². The van der Waals surface area contributed by atoms with Gasteiger partial charge in [-0.25, -0.2) is 0 Å². The summed E-state index contributed by atoms with van der Waals surface area (Å²) < 4.78 is 65.4. The molecule has 0 bridgehead atoms. The van der Waals surface area contributed by atoms with Crippen molar-refractivity contribution in [2.45, 2.75) is 233 Å². The lowest BCUT2D eigenvalue weighted by atomic mass is 9.94. The van der Waals surface area contributed by atoms with Gasteiger partial charge in [-0.15, -0.1) is 0 Å². The predicted molar refractivity (Wildman–Crippen MR) is 215 cm³/mol. The molecule has 0 aromatic carbocycles. The Hall–Kier alpha value is -2.02. The Labute approximate surface area is 389 Å². The number of carbonyl (C=O) groups excluding carboxylic acids is 2. The van der Waals surface area contributed by atoms with Crippen LogP contribution in [0.4, 0.5) is 0 Å². The van der Waals surface area contributed by atoms with Crippen LogP contribution in [0.2, 0.25) is 0 Å². The van der Waals surface area contributed by atoms with Crippen LogP contribution in [0.15, 0.2) is 0 Å². The Morgan fingerprint density at radius 3 is 1.29 bits per heavy atom. The minimum atomic E-state index is -1.99. The molecule has 0 aromatic heterocycles. The van der Waals surface area contributed by atoms with Gasteiger partial charge in [0.05, 0.1) is 37.1 Å². The molecule has 0 saturated carbocycles. The molecule has 6 aliphatic heterocycles. The summed E-state index contributed by atoms with van der Waals surface area (Å²) in [6.45, 7) is 8.12. The van der Waals surface area contributed by atoms with E-state index < -0.39 is 203 Å². The van der Waals surface area contributed by atoms with Crippen molar-refractivity contribution in [3.63, 3.8) is 0 Å². The number of aliphatic hydroxyl groups excluding tert-OH is 13. The zero-order chi connectivity index (χ0) is 50.4.